The molecule has 2 rings (SSSR count). The van der Waals surface area contributed by atoms with Crippen molar-refractivity contribution in [3.05, 3.63) is 29.8 Å². The summed E-state index contributed by atoms with van der Waals surface area (Å²) < 4.78 is 0. The largest absolute Gasteiger partial charge is 0.382 e. The van der Waals surface area contributed by atoms with Gasteiger partial charge in [0.15, 0.2) is 0 Å². The Balaban J connectivity index is 1.95. The van der Waals surface area contributed by atoms with E-state index in [-0.39, 0.29) is 5.78 Å². The molecule has 1 atom stereocenters. The van der Waals surface area contributed by atoms with Gasteiger partial charge in [0.05, 0.1) is 0 Å². The monoisotopic (exact) mass is 189 g/mol. The number of hydrogen-bond donors (Lipinski definition) is 1. The maximum atomic E-state index is 10.8. The first kappa shape index (κ1) is 9.25. The third kappa shape index (κ3) is 1.95. The maximum absolute atomic E-state index is 10.8. The van der Waals surface area contributed by atoms with Crippen LogP contribution in [0.1, 0.15) is 25.3 Å². The molecule has 0 saturated carbocycles. The number of carbonyl (C=O) groups excluding carboxylic acids is 1. The number of nitrogens with one attached hydrogen (secondary N) is 1. The Morgan fingerprint density at radius 3 is 3.00 bits per heavy atom. The SMILES string of the molecule is CC(=O)CCC1Cc2ccccc2N1. The smallest absolute Gasteiger partial charge is 0.129 e. The second kappa shape index (κ2) is 3.82. The van der Waals surface area contributed by atoms with Crippen LogP contribution in [0.3, 0.4) is 0 Å². The van der Waals surface area contributed by atoms with E-state index in [1.165, 1.54) is 11.3 Å². The third-order valence-electron chi connectivity index (χ3n) is 2.69. The molecular formula is C12H15NO. The lowest BCUT2D eigenvalue weighted by Gasteiger charge is -2.08. The fourth-order valence-electron chi connectivity index (χ4n) is 1.93. The van der Waals surface area contributed by atoms with Crippen LogP contribution >= 0.6 is 0 Å². The Morgan fingerprint density at radius 2 is 2.29 bits per heavy atom. The summed E-state index contributed by atoms with van der Waals surface area (Å²) in [6, 6.07) is 8.81. The number of para-hydroxylation sites is 1. The zero-order valence-corrected chi connectivity index (χ0v) is 8.42. The number of benzene rings is 1. The Hall–Kier alpha value is -1.31. The van der Waals surface area contributed by atoms with Gasteiger partial charge in [0.25, 0.3) is 0 Å². The first-order valence-corrected chi connectivity index (χ1v) is 5.09. The van der Waals surface area contributed by atoms with E-state index < -0.39 is 0 Å². The molecule has 1 N–H and O–H groups in total. The molecule has 1 heterocycles. The Morgan fingerprint density at radius 1 is 1.50 bits per heavy atom. The molecule has 0 bridgehead atoms. The van der Waals surface area contributed by atoms with Crippen LogP contribution in [0.25, 0.3) is 0 Å². The van der Waals surface area contributed by atoms with Gasteiger partial charge in [-0.05, 0) is 31.4 Å². The number of rotatable bonds is 3. The molecule has 0 aliphatic carbocycles. The van der Waals surface area contributed by atoms with Crippen molar-refractivity contribution in [3.8, 4) is 0 Å². The highest BCUT2D eigenvalue weighted by molar-refractivity contribution is 5.75. The lowest BCUT2D eigenvalue weighted by molar-refractivity contribution is -0.117. The van der Waals surface area contributed by atoms with E-state index in [1.807, 2.05) is 6.07 Å². The van der Waals surface area contributed by atoms with Crippen molar-refractivity contribution >= 4 is 11.5 Å². The zero-order chi connectivity index (χ0) is 9.97. The van der Waals surface area contributed by atoms with Crippen molar-refractivity contribution in [3.63, 3.8) is 0 Å². The fourth-order valence-corrected chi connectivity index (χ4v) is 1.93. The van der Waals surface area contributed by atoms with Crippen molar-refractivity contribution in [2.24, 2.45) is 0 Å². The van der Waals surface area contributed by atoms with E-state index in [4.69, 9.17) is 0 Å². The van der Waals surface area contributed by atoms with Gasteiger partial charge in [-0.15, -0.1) is 0 Å². The summed E-state index contributed by atoms with van der Waals surface area (Å²) in [5.41, 5.74) is 2.61. The second-order valence-electron chi connectivity index (χ2n) is 3.94. The van der Waals surface area contributed by atoms with Crippen molar-refractivity contribution in [2.75, 3.05) is 5.32 Å². The summed E-state index contributed by atoms with van der Waals surface area (Å²) >= 11 is 0. The summed E-state index contributed by atoms with van der Waals surface area (Å²) in [6.07, 6.45) is 2.69. The molecule has 1 unspecified atom stereocenters. The summed E-state index contributed by atoms with van der Waals surface area (Å²) in [6.45, 7) is 1.65. The van der Waals surface area contributed by atoms with Crippen LogP contribution in [0.5, 0.6) is 0 Å². The van der Waals surface area contributed by atoms with Crippen LogP contribution in [-0.2, 0) is 11.2 Å². The minimum absolute atomic E-state index is 0.280. The molecule has 1 aromatic carbocycles. The molecule has 2 nitrogen and oxygen atoms in total. The Kier molecular flexibility index (Phi) is 2.53. The van der Waals surface area contributed by atoms with Gasteiger partial charge in [-0.3, -0.25) is 0 Å². The molecule has 74 valence electrons. The van der Waals surface area contributed by atoms with E-state index in [1.54, 1.807) is 6.92 Å². The zero-order valence-electron chi connectivity index (χ0n) is 8.42. The summed E-state index contributed by atoms with van der Waals surface area (Å²) in [5.74, 6) is 0.280. The fraction of sp³-hybridized carbons (Fsp3) is 0.417. The van der Waals surface area contributed by atoms with Crippen molar-refractivity contribution < 1.29 is 4.79 Å². The minimum Gasteiger partial charge on any atom is -0.382 e. The van der Waals surface area contributed by atoms with Gasteiger partial charge in [-0.2, -0.15) is 0 Å². The normalized spacial score (nSPS) is 18.8. The molecule has 0 radical (unpaired) electrons. The number of hydrogen-bond acceptors (Lipinski definition) is 2. The van der Waals surface area contributed by atoms with E-state index in [0.717, 1.165) is 12.8 Å². The summed E-state index contributed by atoms with van der Waals surface area (Å²) in [5, 5.41) is 3.44. The van der Waals surface area contributed by atoms with Gasteiger partial charge in [-0.25, -0.2) is 0 Å². The van der Waals surface area contributed by atoms with Crippen LogP contribution in [0.15, 0.2) is 24.3 Å². The van der Waals surface area contributed by atoms with E-state index >= 15 is 0 Å². The van der Waals surface area contributed by atoms with Crippen LogP contribution in [0.2, 0.25) is 0 Å². The average molecular weight is 189 g/mol. The first-order valence-electron chi connectivity index (χ1n) is 5.09. The molecule has 0 fully saturated rings. The standard InChI is InChI=1S/C12H15NO/c1-9(14)6-7-11-8-10-4-2-3-5-12(10)13-11/h2-5,11,13H,6-8H2,1H3. The van der Waals surface area contributed by atoms with Crippen molar-refractivity contribution in [1.82, 2.24) is 0 Å². The van der Waals surface area contributed by atoms with Gasteiger partial charge in [0, 0.05) is 18.2 Å². The number of carbonyl (C=O) groups is 1. The predicted octanol–water partition coefficient (Wildman–Crippen LogP) is 2.39. The molecule has 1 aliphatic rings. The second-order valence-corrected chi connectivity index (χ2v) is 3.94. The van der Waals surface area contributed by atoms with Crippen molar-refractivity contribution in [2.45, 2.75) is 32.2 Å². The van der Waals surface area contributed by atoms with Gasteiger partial charge < -0.3 is 10.1 Å². The maximum Gasteiger partial charge on any atom is 0.129 e. The van der Waals surface area contributed by atoms with E-state index in [0.29, 0.717) is 12.5 Å². The highest BCUT2D eigenvalue weighted by Gasteiger charge is 2.19. The predicted molar refractivity (Wildman–Crippen MR) is 57.5 cm³/mol. The first-order chi connectivity index (χ1) is 6.75. The number of Topliss-reactive ketones (excluding diaryl/α,β-unsaturated/α-hetero) is 1. The topological polar surface area (TPSA) is 29.1 Å². The molecule has 0 saturated heterocycles. The van der Waals surface area contributed by atoms with Crippen molar-refractivity contribution in [1.29, 1.82) is 0 Å². The summed E-state index contributed by atoms with van der Waals surface area (Å²) in [4.78, 5) is 10.8. The molecule has 14 heavy (non-hydrogen) atoms. The van der Waals surface area contributed by atoms with E-state index in [9.17, 15) is 4.79 Å². The Bertz CT molecular complexity index is 321. The lowest BCUT2D eigenvalue weighted by Crippen LogP contribution is -2.16. The molecule has 0 spiro atoms. The van der Waals surface area contributed by atoms with Gasteiger partial charge in [0.2, 0.25) is 0 Å². The highest BCUT2D eigenvalue weighted by Crippen LogP contribution is 2.26. The number of anilines is 1. The molecule has 0 aromatic heterocycles. The van der Waals surface area contributed by atoms with Gasteiger partial charge in [-0.1, -0.05) is 18.2 Å². The van der Waals surface area contributed by atoms with Crippen LogP contribution in [0.4, 0.5) is 5.69 Å². The highest BCUT2D eigenvalue weighted by atomic mass is 16.1. The minimum atomic E-state index is 0.280. The molecule has 2 heteroatoms. The summed E-state index contributed by atoms with van der Waals surface area (Å²) in [7, 11) is 0. The third-order valence-corrected chi connectivity index (χ3v) is 2.69. The lowest BCUT2D eigenvalue weighted by atomic mass is 10.1. The van der Waals surface area contributed by atoms with Gasteiger partial charge >= 0.3 is 0 Å². The van der Waals surface area contributed by atoms with Crippen LogP contribution < -0.4 is 5.32 Å². The number of fused-ring (bicyclic) bond motifs is 1. The van der Waals surface area contributed by atoms with Crippen LogP contribution in [-0.4, -0.2) is 11.8 Å². The number of ketones is 1. The molecule has 1 aromatic rings. The molecular weight excluding hydrogens is 174 g/mol. The van der Waals surface area contributed by atoms with Crippen LogP contribution in [0, 0.1) is 0 Å². The quantitative estimate of drug-likeness (QED) is 0.791. The Labute approximate surface area is 84.3 Å². The molecule has 1 aliphatic heterocycles. The van der Waals surface area contributed by atoms with Gasteiger partial charge in [0.1, 0.15) is 5.78 Å². The molecule has 0 amide bonds. The average Bonchev–Trinajstić information content (AvgIpc) is 2.57. The van der Waals surface area contributed by atoms with E-state index in [2.05, 4.69) is 23.5 Å².